The highest BCUT2D eigenvalue weighted by Crippen LogP contribution is 2.35. The predicted molar refractivity (Wildman–Crippen MR) is 71.1 cm³/mol. The number of nitrogens with one attached hydrogen (secondary N) is 1. The maximum atomic E-state index is 12.0. The molecule has 0 radical (unpaired) electrons. The number of carbonyl (C=O) groups excluding carboxylic acids is 1. The van der Waals surface area contributed by atoms with E-state index in [4.69, 9.17) is 13.9 Å². The van der Waals surface area contributed by atoms with Crippen LogP contribution < -0.4 is 5.32 Å². The molecule has 2 fully saturated rings. The van der Waals surface area contributed by atoms with E-state index in [0.717, 1.165) is 0 Å². The molecule has 2 N–H and O–H groups in total. The van der Waals surface area contributed by atoms with Gasteiger partial charge in [0.2, 0.25) is 0 Å². The number of piperidine rings is 1. The number of hydrogen-bond donors (Lipinski definition) is 2. The number of amides is 1. The third-order valence-corrected chi connectivity index (χ3v) is 4.10. The van der Waals surface area contributed by atoms with Crippen molar-refractivity contribution in [3.63, 3.8) is 0 Å². The minimum Gasteiger partial charge on any atom is -0.410 e. The standard InChI is InChI=1S/C12H23NO5Si/c1-12(2)16-9-8(18-19(3,4)5)7(6-14)13-11(15)10(9)17-12/h7-10,14H,6H2,1-5H3,(H,13,15)/t7-,8-,9+,10+/m1/s1. The summed E-state index contributed by atoms with van der Waals surface area (Å²) in [5, 5.41) is 12.2. The van der Waals surface area contributed by atoms with E-state index in [1.807, 2.05) is 0 Å². The smallest absolute Gasteiger partial charge is 0.252 e. The molecule has 0 aromatic rings. The lowest BCUT2D eigenvalue weighted by Gasteiger charge is -2.40. The van der Waals surface area contributed by atoms with Gasteiger partial charge in [-0.3, -0.25) is 4.79 Å². The molecule has 2 aliphatic heterocycles. The van der Waals surface area contributed by atoms with Gasteiger partial charge in [0.25, 0.3) is 5.91 Å². The first-order chi connectivity index (χ1) is 8.63. The lowest BCUT2D eigenvalue weighted by molar-refractivity contribution is -0.156. The molecule has 0 unspecified atom stereocenters. The fraction of sp³-hybridized carbons (Fsp3) is 0.917. The third kappa shape index (κ3) is 3.17. The Balaban J connectivity index is 2.24. The number of hydrogen-bond acceptors (Lipinski definition) is 5. The molecular weight excluding hydrogens is 266 g/mol. The number of aliphatic hydroxyl groups is 1. The Morgan fingerprint density at radius 3 is 2.53 bits per heavy atom. The third-order valence-electron chi connectivity index (χ3n) is 3.12. The van der Waals surface area contributed by atoms with Gasteiger partial charge in [0.05, 0.1) is 18.8 Å². The van der Waals surface area contributed by atoms with Crippen molar-refractivity contribution < 1.29 is 23.8 Å². The summed E-state index contributed by atoms with van der Waals surface area (Å²) in [7, 11) is -1.83. The zero-order valence-electron chi connectivity index (χ0n) is 12.1. The summed E-state index contributed by atoms with van der Waals surface area (Å²) in [5.41, 5.74) is 0. The molecule has 19 heavy (non-hydrogen) atoms. The van der Waals surface area contributed by atoms with E-state index in [2.05, 4.69) is 25.0 Å². The molecule has 2 saturated heterocycles. The summed E-state index contributed by atoms with van der Waals surface area (Å²) in [6.45, 7) is 9.57. The number of rotatable bonds is 3. The lowest BCUT2D eigenvalue weighted by Crippen LogP contribution is -2.65. The summed E-state index contributed by atoms with van der Waals surface area (Å²) in [6.07, 6.45) is -1.51. The topological polar surface area (TPSA) is 77.0 Å². The average Bonchev–Trinajstić information content (AvgIpc) is 2.57. The molecule has 0 bridgehead atoms. The zero-order chi connectivity index (χ0) is 14.4. The second-order valence-electron chi connectivity index (χ2n) is 6.51. The fourth-order valence-electron chi connectivity index (χ4n) is 2.52. The first kappa shape index (κ1) is 14.9. The van der Waals surface area contributed by atoms with E-state index in [-0.39, 0.29) is 18.6 Å². The van der Waals surface area contributed by atoms with E-state index in [9.17, 15) is 9.90 Å². The van der Waals surface area contributed by atoms with Crippen molar-refractivity contribution in [1.29, 1.82) is 0 Å². The van der Waals surface area contributed by atoms with Crippen molar-refractivity contribution >= 4 is 14.2 Å². The predicted octanol–water partition coefficient (Wildman–Crippen LogP) is 0.217. The molecule has 0 saturated carbocycles. The quantitative estimate of drug-likeness (QED) is 0.727. The van der Waals surface area contributed by atoms with Gasteiger partial charge in [-0.2, -0.15) is 0 Å². The van der Waals surface area contributed by atoms with Crippen molar-refractivity contribution in [2.75, 3.05) is 6.61 Å². The summed E-state index contributed by atoms with van der Waals surface area (Å²) >= 11 is 0. The zero-order valence-corrected chi connectivity index (χ0v) is 13.1. The Hall–Kier alpha value is -0.473. The maximum Gasteiger partial charge on any atom is 0.252 e. The van der Waals surface area contributed by atoms with Crippen LogP contribution in [0.1, 0.15) is 13.8 Å². The van der Waals surface area contributed by atoms with Gasteiger partial charge in [-0.15, -0.1) is 0 Å². The molecule has 1 amide bonds. The van der Waals surface area contributed by atoms with Crippen LogP contribution in [0.5, 0.6) is 0 Å². The van der Waals surface area contributed by atoms with Crippen LogP contribution in [0.15, 0.2) is 0 Å². The van der Waals surface area contributed by atoms with E-state index in [1.54, 1.807) is 13.8 Å². The molecule has 2 aliphatic rings. The van der Waals surface area contributed by atoms with E-state index in [1.165, 1.54) is 0 Å². The van der Waals surface area contributed by atoms with Crippen LogP contribution in [0, 0.1) is 0 Å². The van der Waals surface area contributed by atoms with Gasteiger partial charge >= 0.3 is 0 Å². The molecule has 0 aliphatic carbocycles. The Labute approximate surface area is 114 Å². The highest BCUT2D eigenvalue weighted by molar-refractivity contribution is 6.69. The van der Waals surface area contributed by atoms with Crippen molar-refractivity contribution in [3.8, 4) is 0 Å². The molecule has 0 spiro atoms. The highest BCUT2D eigenvalue weighted by Gasteiger charge is 2.55. The molecule has 2 rings (SSSR count). The molecule has 0 aromatic heterocycles. The van der Waals surface area contributed by atoms with Crippen LogP contribution in [0.25, 0.3) is 0 Å². The highest BCUT2D eigenvalue weighted by atomic mass is 28.4. The van der Waals surface area contributed by atoms with Gasteiger partial charge in [0.1, 0.15) is 6.10 Å². The van der Waals surface area contributed by atoms with Crippen LogP contribution in [-0.4, -0.2) is 56.1 Å². The van der Waals surface area contributed by atoms with Gasteiger partial charge in [-0.25, -0.2) is 0 Å². The minimum absolute atomic E-state index is 0.173. The van der Waals surface area contributed by atoms with Crippen molar-refractivity contribution in [1.82, 2.24) is 5.32 Å². The molecule has 110 valence electrons. The molecule has 7 heteroatoms. The summed E-state index contributed by atoms with van der Waals surface area (Å²) < 4.78 is 17.5. The monoisotopic (exact) mass is 289 g/mol. The van der Waals surface area contributed by atoms with Crippen LogP contribution in [0.2, 0.25) is 19.6 Å². The largest absolute Gasteiger partial charge is 0.410 e. The Kier molecular flexibility index (Phi) is 3.78. The van der Waals surface area contributed by atoms with Crippen LogP contribution in [0.4, 0.5) is 0 Å². The maximum absolute atomic E-state index is 12.0. The second-order valence-corrected chi connectivity index (χ2v) is 11.0. The lowest BCUT2D eigenvalue weighted by atomic mass is 9.96. The Bertz CT molecular complexity index is 368. The number of fused-ring (bicyclic) bond motifs is 1. The molecule has 0 aromatic carbocycles. The van der Waals surface area contributed by atoms with Crippen molar-refractivity contribution in [2.24, 2.45) is 0 Å². The van der Waals surface area contributed by atoms with E-state index >= 15 is 0 Å². The van der Waals surface area contributed by atoms with Crippen LogP contribution in [0.3, 0.4) is 0 Å². The first-order valence-electron chi connectivity index (χ1n) is 6.58. The number of aliphatic hydroxyl groups excluding tert-OH is 1. The van der Waals surface area contributed by atoms with Crippen LogP contribution >= 0.6 is 0 Å². The van der Waals surface area contributed by atoms with Crippen molar-refractivity contribution in [3.05, 3.63) is 0 Å². The minimum atomic E-state index is -1.83. The number of carbonyl (C=O) groups is 1. The SMILES string of the molecule is CC1(C)O[C@H]2[C@H](O[Si](C)(C)C)[C@@H](CO)NC(=O)[C@H]2O1. The molecule has 4 atom stereocenters. The average molecular weight is 289 g/mol. The number of ether oxygens (including phenoxy) is 2. The Morgan fingerprint density at radius 1 is 1.37 bits per heavy atom. The van der Waals surface area contributed by atoms with Gasteiger partial charge in [-0.05, 0) is 33.5 Å². The molecular formula is C12H23NO5Si. The fourth-order valence-corrected chi connectivity index (χ4v) is 3.63. The first-order valence-corrected chi connectivity index (χ1v) is 9.98. The van der Waals surface area contributed by atoms with Gasteiger partial charge in [0.15, 0.2) is 20.2 Å². The summed E-state index contributed by atoms with van der Waals surface area (Å²) in [6, 6.07) is -0.446. The summed E-state index contributed by atoms with van der Waals surface area (Å²) in [5.74, 6) is -1.05. The van der Waals surface area contributed by atoms with Gasteiger partial charge in [-0.1, -0.05) is 0 Å². The molecule has 2 heterocycles. The van der Waals surface area contributed by atoms with Crippen LogP contribution in [-0.2, 0) is 18.7 Å². The van der Waals surface area contributed by atoms with Gasteiger partial charge in [0, 0.05) is 0 Å². The normalized spacial score (nSPS) is 37.9. The summed E-state index contributed by atoms with van der Waals surface area (Å²) in [4.78, 5) is 12.0. The Morgan fingerprint density at radius 2 is 2.00 bits per heavy atom. The van der Waals surface area contributed by atoms with E-state index in [0.29, 0.717) is 0 Å². The van der Waals surface area contributed by atoms with Crippen molar-refractivity contribution in [2.45, 2.75) is 63.6 Å². The molecule has 6 nitrogen and oxygen atoms in total. The van der Waals surface area contributed by atoms with E-state index < -0.39 is 32.4 Å². The second kappa shape index (κ2) is 4.82. The van der Waals surface area contributed by atoms with Gasteiger partial charge < -0.3 is 24.3 Å².